The number of halogens is 1. The molecule has 15 heavy (non-hydrogen) atoms. The van der Waals surface area contributed by atoms with Gasteiger partial charge in [-0.05, 0) is 24.3 Å². The predicted octanol–water partition coefficient (Wildman–Crippen LogP) is 2.29. The molecule has 1 amide bonds. The van der Waals surface area contributed by atoms with Crippen LogP contribution in [0.4, 0.5) is 0 Å². The van der Waals surface area contributed by atoms with Gasteiger partial charge in [-0.25, -0.2) is 0 Å². The van der Waals surface area contributed by atoms with Crippen molar-refractivity contribution in [2.45, 2.75) is 24.8 Å². The standard InChI is InChI=1S/C12H14ClNO/c13-8-12(15)14-11-6-10(7-11)9-4-2-1-3-5-9/h1-5,10-11H,6-8H2,(H,14,15). The molecule has 0 spiro atoms. The van der Waals surface area contributed by atoms with E-state index in [0.717, 1.165) is 12.8 Å². The van der Waals surface area contributed by atoms with Crippen LogP contribution in [0.2, 0.25) is 0 Å². The molecule has 3 heteroatoms. The molecule has 0 radical (unpaired) electrons. The lowest BCUT2D eigenvalue weighted by molar-refractivity contribution is -0.120. The summed E-state index contributed by atoms with van der Waals surface area (Å²) in [4.78, 5) is 11.0. The molecule has 2 nitrogen and oxygen atoms in total. The highest BCUT2D eigenvalue weighted by Crippen LogP contribution is 2.36. The van der Waals surface area contributed by atoms with Gasteiger partial charge in [-0.2, -0.15) is 0 Å². The van der Waals surface area contributed by atoms with E-state index in [4.69, 9.17) is 11.6 Å². The SMILES string of the molecule is O=C(CCl)NC1CC(c2ccccc2)C1. The van der Waals surface area contributed by atoms with Gasteiger partial charge in [0.25, 0.3) is 0 Å². The molecule has 0 aliphatic heterocycles. The molecule has 1 aliphatic rings. The van der Waals surface area contributed by atoms with Crippen LogP contribution in [0.1, 0.15) is 24.3 Å². The maximum Gasteiger partial charge on any atom is 0.235 e. The van der Waals surface area contributed by atoms with Gasteiger partial charge in [-0.3, -0.25) is 4.79 Å². The highest BCUT2D eigenvalue weighted by Gasteiger charge is 2.30. The maximum absolute atomic E-state index is 11.0. The molecular formula is C12H14ClNO. The maximum atomic E-state index is 11.0. The molecule has 1 saturated carbocycles. The lowest BCUT2D eigenvalue weighted by Gasteiger charge is -2.36. The number of hydrogen-bond acceptors (Lipinski definition) is 1. The third-order valence-corrected chi connectivity index (χ3v) is 3.14. The second-order valence-electron chi connectivity index (χ2n) is 3.98. The first-order chi connectivity index (χ1) is 7.29. The number of alkyl halides is 1. The average Bonchev–Trinajstić information content (AvgIpc) is 2.23. The second kappa shape index (κ2) is 4.67. The normalized spacial score (nSPS) is 24.3. The first-order valence-electron chi connectivity index (χ1n) is 5.20. The van der Waals surface area contributed by atoms with Crippen LogP contribution in [-0.2, 0) is 4.79 Å². The lowest BCUT2D eigenvalue weighted by Crippen LogP contribution is -2.43. The molecule has 0 aromatic heterocycles. The van der Waals surface area contributed by atoms with E-state index in [1.807, 2.05) is 6.07 Å². The van der Waals surface area contributed by atoms with Gasteiger partial charge in [0.05, 0.1) is 0 Å². The third-order valence-electron chi connectivity index (χ3n) is 2.90. The number of carbonyl (C=O) groups excluding carboxylic acids is 1. The van der Waals surface area contributed by atoms with Gasteiger partial charge in [0, 0.05) is 6.04 Å². The van der Waals surface area contributed by atoms with Crippen molar-refractivity contribution in [2.24, 2.45) is 0 Å². The van der Waals surface area contributed by atoms with Gasteiger partial charge < -0.3 is 5.32 Å². The van der Waals surface area contributed by atoms with Crippen LogP contribution in [-0.4, -0.2) is 17.8 Å². The Balaban J connectivity index is 1.81. The van der Waals surface area contributed by atoms with E-state index in [9.17, 15) is 4.79 Å². The third kappa shape index (κ3) is 2.51. The molecule has 1 fully saturated rings. The fraction of sp³-hybridized carbons (Fsp3) is 0.417. The molecular weight excluding hydrogens is 210 g/mol. The minimum atomic E-state index is -0.0619. The minimum Gasteiger partial charge on any atom is -0.352 e. The Bertz CT molecular complexity index is 333. The molecule has 2 rings (SSSR count). The summed E-state index contributed by atoms with van der Waals surface area (Å²) in [7, 11) is 0. The molecule has 0 atom stereocenters. The van der Waals surface area contributed by atoms with Crippen LogP contribution in [0, 0.1) is 0 Å². The van der Waals surface area contributed by atoms with E-state index in [0.29, 0.717) is 12.0 Å². The Hall–Kier alpha value is -1.02. The van der Waals surface area contributed by atoms with Gasteiger partial charge in [-0.15, -0.1) is 11.6 Å². The summed E-state index contributed by atoms with van der Waals surface area (Å²) in [6, 6.07) is 10.7. The zero-order chi connectivity index (χ0) is 10.7. The van der Waals surface area contributed by atoms with E-state index < -0.39 is 0 Å². The number of hydrogen-bond donors (Lipinski definition) is 1. The Kier molecular flexibility index (Phi) is 3.27. The largest absolute Gasteiger partial charge is 0.352 e. The van der Waals surface area contributed by atoms with Crippen molar-refractivity contribution >= 4 is 17.5 Å². The quantitative estimate of drug-likeness (QED) is 0.783. The van der Waals surface area contributed by atoms with E-state index in [-0.39, 0.29) is 11.8 Å². The second-order valence-corrected chi connectivity index (χ2v) is 4.24. The number of nitrogens with one attached hydrogen (secondary N) is 1. The predicted molar refractivity (Wildman–Crippen MR) is 61.1 cm³/mol. The van der Waals surface area contributed by atoms with Crippen molar-refractivity contribution < 1.29 is 4.79 Å². The molecule has 1 aromatic carbocycles. The Labute approximate surface area is 94.6 Å². The molecule has 0 bridgehead atoms. The van der Waals surface area contributed by atoms with Crippen molar-refractivity contribution in [1.29, 1.82) is 0 Å². The average molecular weight is 224 g/mol. The Morgan fingerprint density at radius 2 is 2.00 bits per heavy atom. The molecule has 80 valence electrons. The van der Waals surface area contributed by atoms with Crippen molar-refractivity contribution in [3.8, 4) is 0 Å². The van der Waals surface area contributed by atoms with Crippen LogP contribution in [0.15, 0.2) is 30.3 Å². The van der Waals surface area contributed by atoms with Crippen molar-refractivity contribution in [1.82, 2.24) is 5.32 Å². The summed E-state index contributed by atoms with van der Waals surface area (Å²) >= 11 is 5.42. The molecule has 0 heterocycles. The van der Waals surface area contributed by atoms with E-state index in [2.05, 4.69) is 29.6 Å². The summed E-state index contributed by atoms with van der Waals surface area (Å²) in [6.45, 7) is 0. The first kappa shape index (κ1) is 10.5. The number of benzene rings is 1. The number of amides is 1. The lowest BCUT2D eigenvalue weighted by atomic mass is 9.76. The fourth-order valence-electron chi connectivity index (χ4n) is 2.00. The monoisotopic (exact) mass is 223 g/mol. The van der Waals surface area contributed by atoms with Crippen LogP contribution in [0.3, 0.4) is 0 Å². The topological polar surface area (TPSA) is 29.1 Å². The van der Waals surface area contributed by atoms with Crippen LogP contribution >= 0.6 is 11.6 Å². The summed E-state index contributed by atoms with van der Waals surface area (Å²) in [5.74, 6) is 0.604. The molecule has 1 aliphatic carbocycles. The minimum absolute atomic E-state index is 0.0619. The summed E-state index contributed by atoms with van der Waals surface area (Å²) < 4.78 is 0. The summed E-state index contributed by atoms with van der Waals surface area (Å²) in [5.41, 5.74) is 1.37. The van der Waals surface area contributed by atoms with E-state index >= 15 is 0 Å². The fourth-order valence-corrected chi connectivity index (χ4v) is 2.08. The smallest absolute Gasteiger partial charge is 0.235 e. The first-order valence-corrected chi connectivity index (χ1v) is 5.73. The summed E-state index contributed by atoms with van der Waals surface area (Å²) in [6.07, 6.45) is 2.07. The molecule has 0 unspecified atom stereocenters. The summed E-state index contributed by atoms with van der Waals surface area (Å²) in [5, 5.41) is 2.89. The van der Waals surface area contributed by atoms with E-state index in [1.165, 1.54) is 5.56 Å². The Morgan fingerprint density at radius 3 is 2.60 bits per heavy atom. The number of carbonyl (C=O) groups is 1. The zero-order valence-corrected chi connectivity index (χ0v) is 9.20. The zero-order valence-electron chi connectivity index (χ0n) is 8.45. The molecule has 1 aromatic rings. The molecule has 1 N–H and O–H groups in total. The van der Waals surface area contributed by atoms with Crippen LogP contribution < -0.4 is 5.32 Å². The number of rotatable bonds is 3. The van der Waals surface area contributed by atoms with Gasteiger partial charge in [0.1, 0.15) is 5.88 Å². The van der Waals surface area contributed by atoms with Gasteiger partial charge >= 0.3 is 0 Å². The van der Waals surface area contributed by atoms with Crippen LogP contribution in [0.25, 0.3) is 0 Å². The van der Waals surface area contributed by atoms with Crippen molar-refractivity contribution in [3.05, 3.63) is 35.9 Å². The van der Waals surface area contributed by atoms with Gasteiger partial charge in [-0.1, -0.05) is 30.3 Å². The molecule has 0 saturated heterocycles. The van der Waals surface area contributed by atoms with Gasteiger partial charge in [0.2, 0.25) is 5.91 Å². The van der Waals surface area contributed by atoms with Crippen molar-refractivity contribution in [3.63, 3.8) is 0 Å². The van der Waals surface area contributed by atoms with E-state index in [1.54, 1.807) is 0 Å². The Morgan fingerprint density at radius 1 is 1.33 bits per heavy atom. The highest BCUT2D eigenvalue weighted by molar-refractivity contribution is 6.27. The van der Waals surface area contributed by atoms with Gasteiger partial charge in [0.15, 0.2) is 0 Å². The highest BCUT2D eigenvalue weighted by atomic mass is 35.5. The van der Waals surface area contributed by atoms with Crippen LogP contribution in [0.5, 0.6) is 0 Å². The van der Waals surface area contributed by atoms with Crippen molar-refractivity contribution in [2.75, 3.05) is 5.88 Å².